The third-order valence-corrected chi connectivity index (χ3v) is 13.4. The van der Waals surface area contributed by atoms with E-state index in [4.69, 9.17) is 0 Å². The molecule has 12 aromatic rings. The van der Waals surface area contributed by atoms with Gasteiger partial charge in [0.25, 0.3) is 0 Å². The summed E-state index contributed by atoms with van der Waals surface area (Å²) in [6.45, 7) is 0. The van der Waals surface area contributed by atoms with Gasteiger partial charge < -0.3 is 9.13 Å². The van der Waals surface area contributed by atoms with E-state index >= 15 is 0 Å². The molecule has 13 rings (SSSR count). The van der Waals surface area contributed by atoms with Crippen molar-refractivity contribution in [2.24, 2.45) is 0 Å². The lowest BCUT2D eigenvalue weighted by molar-refractivity contribution is 1.10. The molecule has 0 spiro atoms. The van der Waals surface area contributed by atoms with Gasteiger partial charge in [0.2, 0.25) is 0 Å². The Morgan fingerprint density at radius 3 is 1.27 bits per heavy atom. The van der Waals surface area contributed by atoms with Crippen LogP contribution in [0.2, 0.25) is 0 Å². The molecule has 0 fully saturated rings. The number of para-hydroxylation sites is 4. The molecule has 2 nitrogen and oxygen atoms in total. The first kappa shape index (κ1) is 35.5. The predicted molar refractivity (Wildman–Crippen MR) is 265 cm³/mol. The molecule has 294 valence electrons. The Labute approximate surface area is 366 Å². The number of hydrogen-bond acceptors (Lipinski definition) is 0. The van der Waals surface area contributed by atoms with Crippen LogP contribution in [0.4, 0.5) is 0 Å². The summed E-state index contributed by atoms with van der Waals surface area (Å²) in [6, 6.07) is 84.9. The fourth-order valence-corrected chi connectivity index (χ4v) is 10.6. The van der Waals surface area contributed by atoms with Gasteiger partial charge in [-0.1, -0.05) is 182 Å². The molecule has 10 aromatic carbocycles. The molecule has 1 aliphatic carbocycles. The molecule has 0 N–H and O–H groups in total. The molecule has 2 heterocycles. The molecule has 0 saturated carbocycles. The predicted octanol–water partition coefficient (Wildman–Crippen LogP) is 16.1. The van der Waals surface area contributed by atoms with Crippen LogP contribution in [0.5, 0.6) is 0 Å². The fourth-order valence-electron chi connectivity index (χ4n) is 10.6. The molecule has 0 radical (unpaired) electrons. The van der Waals surface area contributed by atoms with Crippen LogP contribution in [0.1, 0.15) is 11.1 Å². The second-order valence-corrected chi connectivity index (χ2v) is 16.8. The van der Waals surface area contributed by atoms with Crippen LogP contribution in [0.15, 0.2) is 231 Å². The first-order chi connectivity index (χ1) is 31.3. The Kier molecular flexibility index (Phi) is 8.01. The minimum Gasteiger partial charge on any atom is -0.307 e. The van der Waals surface area contributed by atoms with Gasteiger partial charge >= 0.3 is 0 Å². The Morgan fingerprint density at radius 1 is 0.254 bits per heavy atom. The van der Waals surface area contributed by atoms with Crippen LogP contribution in [0, 0.1) is 0 Å². The Bertz CT molecular complexity index is 3720. The number of aromatic nitrogens is 2. The van der Waals surface area contributed by atoms with Crippen molar-refractivity contribution in [2.75, 3.05) is 0 Å². The molecule has 0 unspecified atom stereocenters. The first-order valence-electron chi connectivity index (χ1n) is 21.9. The van der Waals surface area contributed by atoms with Crippen LogP contribution in [-0.4, -0.2) is 9.13 Å². The highest BCUT2D eigenvalue weighted by Crippen LogP contribution is 2.46. The van der Waals surface area contributed by atoms with Gasteiger partial charge in [-0.25, -0.2) is 0 Å². The molecule has 2 heteroatoms. The van der Waals surface area contributed by atoms with Gasteiger partial charge in [-0.2, -0.15) is 0 Å². The standard InChI is InChI=1S/C61H40N2/c1-2-17-40(18-3-1)44-20-6-7-21-45(44)42-33-35-58-54(38-42)55-39-43(47-23-8-9-24-48(47)50-28-16-27-49-46-22-5-4-19-41(46)37-53(49)50)34-36-59(55)63(58)61-32-15-14-31-60(61)62-56-29-12-10-25-51(56)52-26-11-13-30-57(52)62/h1-36,38-39H,37H2. The number of fused-ring (bicyclic) bond motifs is 9. The molecule has 0 bridgehead atoms. The van der Waals surface area contributed by atoms with Gasteiger partial charge in [-0.05, 0) is 122 Å². The molecule has 2 aromatic heterocycles. The highest BCUT2D eigenvalue weighted by atomic mass is 15.1. The van der Waals surface area contributed by atoms with Gasteiger partial charge in [-0.15, -0.1) is 0 Å². The number of benzene rings is 10. The van der Waals surface area contributed by atoms with Gasteiger partial charge in [0.15, 0.2) is 0 Å². The summed E-state index contributed by atoms with van der Waals surface area (Å²) < 4.78 is 4.94. The lowest BCUT2D eigenvalue weighted by Gasteiger charge is -2.17. The van der Waals surface area contributed by atoms with Crippen LogP contribution in [0.3, 0.4) is 0 Å². The second-order valence-electron chi connectivity index (χ2n) is 16.8. The topological polar surface area (TPSA) is 9.86 Å². The van der Waals surface area contributed by atoms with Gasteiger partial charge in [0.1, 0.15) is 0 Å². The van der Waals surface area contributed by atoms with Crippen molar-refractivity contribution >= 4 is 43.6 Å². The van der Waals surface area contributed by atoms with Crippen molar-refractivity contribution in [1.82, 2.24) is 9.13 Å². The minimum atomic E-state index is 0.946. The summed E-state index contributed by atoms with van der Waals surface area (Å²) in [6.07, 6.45) is 0.946. The Hall–Kier alpha value is -8.20. The monoisotopic (exact) mass is 800 g/mol. The normalized spacial score (nSPS) is 12.1. The lowest BCUT2D eigenvalue weighted by Crippen LogP contribution is -2.03. The third kappa shape index (κ3) is 5.51. The van der Waals surface area contributed by atoms with Crippen molar-refractivity contribution in [1.29, 1.82) is 0 Å². The number of hydrogen-bond donors (Lipinski definition) is 0. The minimum absolute atomic E-state index is 0.946. The quantitative estimate of drug-likeness (QED) is 0.159. The van der Waals surface area contributed by atoms with E-state index in [0.29, 0.717) is 0 Å². The molecule has 0 atom stereocenters. The Balaban J connectivity index is 1.06. The van der Waals surface area contributed by atoms with E-state index in [1.165, 1.54) is 110 Å². The average molecular weight is 801 g/mol. The zero-order valence-electron chi connectivity index (χ0n) is 34.5. The Morgan fingerprint density at radius 2 is 0.667 bits per heavy atom. The highest BCUT2D eigenvalue weighted by molar-refractivity contribution is 6.13. The van der Waals surface area contributed by atoms with Crippen molar-refractivity contribution < 1.29 is 0 Å². The van der Waals surface area contributed by atoms with Crippen LogP contribution in [-0.2, 0) is 6.42 Å². The third-order valence-electron chi connectivity index (χ3n) is 13.4. The maximum absolute atomic E-state index is 2.49. The van der Waals surface area contributed by atoms with E-state index in [-0.39, 0.29) is 0 Å². The molecule has 1 aliphatic rings. The molecule has 0 saturated heterocycles. The molecule has 0 aliphatic heterocycles. The summed E-state index contributed by atoms with van der Waals surface area (Å²) in [4.78, 5) is 0. The van der Waals surface area contributed by atoms with E-state index in [1.54, 1.807) is 0 Å². The average Bonchev–Trinajstić information content (AvgIpc) is 4.02. The molecular weight excluding hydrogens is 761 g/mol. The van der Waals surface area contributed by atoms with Crippen molar-refractivity contribution in [3.05, 3.63) is 242 Å². The van der Waals surface area contributed by atoms with Crippen molar-refractivity contribution in [2.45, 2.75) is 6.42 Å². The molecular formula is C61H40N2. The lowest BCUT2D eigenvalue weighted by atomic mass is 9.89. The van der Waals surface area contributed by atoms with Crippen molar-refractivity contribution in [3.8, 4) is 67.0 Å². The van der Waals surface area contributed by atoms with E-state index in [0.717, 1.165) is 17.8 Å². The summed E-state index contributed by atoms with van der Waals surface area (Å²) in [5, 5.41) is 4.95. The van der Waals surface area contributed by atoms with Gasteiger partial charge in [0, 0.05) is 21.5 Å². The number of nitrogens with zero attached hydrogens (tertiary/aromatic N) is 2. The van der Waals surface area contributed by atoms with Crippen LogP contribution in [0.25, 0.3) is 111 Å². The summed E-state index contributed by atoms with van der Waals surface area (Å²) in [5.74, 6) is 0. The van der Waals surface area contributed by atoms with E-state index in [2.05, 4.69) is 240 Å². The fraction of sp³-hybridized carbons (Fsp3) is 0.0164. The van der Waals surface area contributed by atoms with Crippen molar-refractivity contribution in [3.63, 3.8) is 0 Å². The highest BCUT2D eigenvalue weighted by Gasteiger charge is 2.24. The zero-order valence-corrected chi connectivity index (χ0v) is 34.5. The number of rotatable bonds is 6. The second kappa shape index (κ2) is 14.2. The SMILES string of the molecule is c1ccc(-c2ccccc2-c2ccc3c(c2)c2cc(-c4ccccc4-c4cccc5c4Cc4ccccc4-5)ccc2n3-c2ccccc2-n2c3ccccc3c3ccccc32)cc1. The zero-order chi connectivity index (χ0) is 41.4. The van der Waals surface area contributed by atoms with E-state index < -0.39 is 0 Å². The molecule has 63 heavy (non-hydrogen) atoms. The largest absolute Gasteiger partial charge is 0.307 e. The smallest absolute Gasteiger partial charge is 0.0702 e. The van der Waals surface area contributed by atoms with E-state index in [9.17, 15) is 0 Å². The summed E-state index contributed by atoms with van der Waals surface area (Å²) in [5.41, 5.74) is 22.4. The molecule has 0 amide bonds. The van der Waals surface area contributed by atoms with Gasteiger partial charge in [-0.3, -0.25) is 0 Å². The van der Waals surface area contributed by atoms with Crippen LogP contribution < -0.4 is 0 Å². The van der Waals surface area contributed by atoms with E-state index in [1.807, 2.05) is 0 Å². The van der Waals surface area contributed by atoms with Crippen LogP contribution >= 0.6 is 0 Å². The maximum Gasteiger partial charge on any atom is 0.0702 e. The first-order valence-corrected chi connectivity index (χ1v) is 21.9. The maximum atomic E-state index is 2.49. The summed E-state index contributed by atoms with van der Waals surface area (Å²) in [7, 11) is 0. The van der Waals surface area contributed by atoms with Gasteiger partial charge in [0.05, 0.1) is 33.4 Å². The summed E-state index contributed by atoms with van der Waals surface area (Å²) >= 11 is 0.